The minimum atomic E-state index is -4.67. The van der Waals surface area contributed by atoms with Gasteiger partial charge >= 0.3 is 5.97 Å². The van der Waals surface area contributed by atoms with Gasteiger partial charge in [-0.25, -0.2) is 4.79 Å². The second kappa shape index (κ2) is 43.7. The van der Waals surface area contributed by atoms with Gasteiger partial charge in [0.05, 0.1) is 156 Å². The maximum Gasteiger partial charge on any atom is 0.333 e. The van der Waals surface area contributed by atoms with Crippen molar-refractivity contribution in [3.8, 4) is 5.75 Å². The molecule has 2 heterocycles. The Balaban J connectivity index is 1.46. The van der Waals surface area contributed by atoms with Crippen LogP contribution in [-0.4, -0.2) is 239 Å². The number of phenolic OH excluding ortho intramolecular Hbond substituents is 1. The number of hydroxylamine groups is 2. The van der Waals surface area contributed by atoms with Crippen LogP contribution in [-0.2, 0) is 102 Å². The molecule has 0 aromatic heterocycles. The summed E-state index contributed by atoms with van der Waals surface area (Å²) in [5.74, 6) is -2.41. The van der Waals surface area contributed by atoms with Crippen molar-refractivity contribution in [1.29, 1.82) is 0 Å². The molecule has 4 rings (SSSR count). The minimum Gasteiger partial charge on any atom is -0.507 e. The molecule has 2 aromatic rings. The molecular formula is C65H101N3O23S2. The molecule has 2 aliphatic heterocycles. The molecule has 26 nitrogen and oxygen atoms in total. The van der Waals surface area contributed by atoms with Crippen molar-refractivity contribution in [3.63, 3.8) is 0 Å². The summed E-state index contributed by atoms with van der Waals surface area (Å²) in [5, 5.41) is 12.4. The standard InChI is InChI=1S/C65H101N3O23S2/c1-52(13-11-14-60-65(5,22-12-48-92(73,74)75)57-51-54(93(76,77)78)17-19-58(57)67(60)23-10-8-9-15-63(72)91-68-61(70)20-21-62(68)71)49-56(64(2,3)4)55-18-16-53(50-59(55)69)66(24-26-81-32-34-85-40-42-89-46-44-87-38-36-83-30-28-79-6)25-27-82-33-35-86-41-43-90-47-45-88-39-37-84-31-29-80-7/h11,13-14,16-19,49-51,69H,1,8-10,12,15,20-48H2,2-7H3,(H,73,74,75)(H,76,77,78)/b13-11+,56-49+,60-14+. The summed E-state index contributed by atoms with van der Waals surface area (Å²) < 4.78 is 135. The average molecular weight is 1360 g/mol. The molecule has 1 fully saturated rings. The second-order valence-electron chi connectivity index (χ2n) is 23.0. The van der Waals surface area contributed by atoms with Gasteiger partial charge in [0.15, 0.2) is 0 Å². The van der Waals surface area contributed by atoms with E-state index in [0.29, 0.717) is 217 Å². The van der Waals surface area contributed by atoms with Crippen molar-refractivity contribution in [2.24, 2.45) is 5.41 Å². The lowest BCUT2D eigenvalue weighted by Gasteiger charge is -2.30. The maximum atomic E-state index is 12.6. The molecule has 0 aliphatic carbocycles. The Morgan fingerprint density at radius 3 is 1.56 bits per heavy atom. The van der Waals surface area contributed by atoms with Crippen LogP contribution in [0.5, 0.6) is 5.75 Å². The summed E-state index contributed by atoms with van der Waals surface area (Å²) in [7, 11) is -5.79. The SMILES string of the molecule is C=C(/C=C(\c1ccc(N(CCOCCOCCOCCOCCOCCOC)CCOCCOCCOCCOCCOCCOC)cc1O)C(C)(C)C)/C=C/C=C1/N(CCCCCC(=O)ON2C(=O)CCC2=O)c2ccc(S(=O)(=O)O)cc2C1(C)CCCS(=O)(=O)O. The number of benzene rings is 2. The van der Waals surface area contributed by atoms with Crippen molar-refractivity contribution < 1.29 is 107 Å². The van der Waals surface area contributed by atoms with Gasteiger partial charge in [-0.1, -0.05) is 52.0 Å². The van der Waals surface area contributed by atoms with Gasteiger partial charge in [0.1, 0.15) is 5.75 Å². The number of hydrogen-bond donors (Lipinski definition) is 3. The van der Waals surface area contributed by atoms with Crippen molar-refractivity contribution in [1.82, 2.24) is 5.06 Å². The maximum absolute atomic E-state index is 12.6. The molecule has 0 saturated carbocycles. The number of hydrogen-bond acceptors (Lipinski definition) is 23. The molecule has 93 heavy (non-hydrogen) atoms. The van der Waals surface area contributed by atoms with E-state index in [1.807, 2.05) is 56.9 Å². The number of imide groups is 1. The fourth-order valence-corrected chi connectivity index (χ4v) is 10.9. The van der Waals surface area contributed by atoms with Gasteiger partial charge in [0.2, 0.25) is 0 Å². The summed E-state index contributed by atoms with van der Waals surface area (Å²) in [6.07, 6.45) is 8.62. The fourth-order valence-electron chi connectivity index (χ4n) is 9.93. The van der Waals surface area contributed by atoms with Crippen LogP contribution in [0, 0.1) is 5.41 Å². The quantitative estimate of drug-likeness (QED) is 0.0261. The summed E-state index contributed by atoms with van der Waals surface area (Å²) in [5.41, 5.74) is 2.81. The number of rotatable bonds is 53. The molecule has 1 saturated heterocycles. The predicted octanol–water partition coefficient (Wildman–Crippen LogP) is 6.94. The first kappa shape index (κ1) is 80.2. The number of ether oxygens (including phenoxy) is 12. The zero-order chi connectivity index (χ0) is 68.0. The van der Waals surface area contributed by atoms with Gasteiger partial charge in [0.25, 0.3) is 32.1 Å². The zero-order valence-corrected chi connectivity index (χ0v) is 56.8. The number of carbonyl (C=O) groups is 3. The Morgan fingerprint density at radius 1 is 0.645 bits per heavy atom. The molecule has 3 N–H and O–H groups in total. The Hall–Kier alpha value is -5.25. The average Bonchev–Trinajstić information content (AvgIpc) is 1.58. The van der Waals surface area contributed by atoms with Gasteiger partial charge in [-0.05, 0) is 91.1 Å². The molecule has 2 aromatic carbocycles. The van der Waals surface area contributed by atoms with E-state index in [-0.39, 0.29) is 42.7 Å². The first-order chi connectivity index (χ1) is 44.5. The minimum absolute atomic E-state index is 0.00678. The number of nitrogens with zero attached hydrogens (tertiary/aromatic N) is 3. The molecule has 2 amide bonds. The number of allylic oxidation sites excluding steroid dienone is 7. The Bertz CT molecular complexity index is 2840. The van der Waals surface area contributed by atoms with Crippen molar-refractivity contribution >= 4 is 55.0 Å². The van der Waals surface area contributed by atoms with Crippen LogP contribution in [0.2, 0.25) is 0 Å². The lowest BCUT2D eigenvalue weighted by molar-refractivity contribution is -0.197. The van der Waals surface area contributed by atoms with Crippen LogP contribution in [0.15, 0.2) is 83.4 Å². The lowest BCUT2D eigenvalue weighted by atomic mass is 9.77. The molecule has 1 atom stereocenters. The van der Waals surface area contributed by atoms with E-state index < -0.39 is 54.6 Å². The summed E-state index contributed by atoms with van der Waals surface area (Å²) in [6, 6.07) is 9.72. The number of methoxy groups -OCH3 is 2. The first-order valence-electron chi connectivity index (χ1n) is 31.5. The highest BCUT2D eigenvalue weighted by Crippen LogP contribution is 2.51. The van der Waals surface area contributed by atoms with E-state index in [1.165, 1.54) is 12.1 Å². The zero-order valence-electron chi connectivity index (χ0n) is 55.2. The Labute approximate surface area is 549 Å². The number of anilines is 2. The van der Waals surface area contributed by atoms with Gasteiger partial charge in [-0.3, -0.25) is 18.7 Å². The number of carbonyl (C=O) groups excluding carboxylic acids is 3. The van der Waals surface area contributed by atoms with Crippen LogP contribution in [0.4, 0.5) is 11.4 Å². The molecule has 0 bridgehead atoms. The van der Waals surface area contributed by atoms with Gasteiger partial charge in [-0.15, -0.1) is 5.06 Å². The Morgan fingerprint density at radius 2 is 1.12 bits per heavy atom. The van der Waals surface area contributed by atoms with E-state index in [2.05, 4.69) is 11.5 Å². The van der Waals surface area contributed by atoms with Crippen molar-refractivity contribution in [2.45, 2.75) is 89.4 Å². The lowest BCUT2D eigenvalue weighted by Crippen LogP contribution is -2.32. The van der Waals surface area contributed by atoms with Gasteiger partial charge in [0, 0.05) is 87.2 Å². The highest BCUT2D eigenvalue weighted by atomic mass is 32.2. The molecule has 0 radical (unpaired) electrons. The monoisotopic (exact) mass is 1360 g/mol. The van der Waals surface area contributed by atoms with Gasteiger partial charge in [-0.2, -0.15) is 16.8 Å². The highest BCUT2D eigenvalue weighted by Gasteiger charge is 2.44. The van der Waals surface area contributed by atoms with Crippen molar-refractivity contribution in [2.75, 3.05) is 195 Å². The first-order valence-corrected chi connectivity index (χ1v) is 34.6. The van der Waals surface area contributed by atoms with Crippen LogP contribution < -0.4 is 9.80 Å². The van der Waals surface area contributed by atoms with Gasteiger partial charge < -0.3 is 76.6 Å². The van der Waals surface area contributed by atoms with Crippen LogP contribution in [0.25, 0.3) is 5.57 Å². The van der Waals surface area contributed by atoms with Crippen LogP contribution in [0.1, 0.15) is 90.2 Å². The number of amides is 2. The smallest absolute Gasteiger partial charge is 0.333 e. The van der Waals surface area contributed by atoms with E-state index in [9.17, 15) is 45.4 Å². The second-order valence-corrected chi connectivity index (χ2v) is 26.0. The summed E-state index contributed by atoms with van der Waals surface area (Å²) in [4.78, 5) is 45.3. The molecule has 526 valence electrons. The highest BCUT2D eigenvalue weighted by molar-refractivity contribution is 7.86. The fraction of sp³-hybridized carbons (Fsp3) is 0.646. The largest absolute Gasteiger partial charge is 0.507 e. The molecule has 28 heteroatoms. The summed E-state index contributed by atoms with van der Waals surface area (Å²) in [6.45, 7) is 23.1. The number of unbranched alkanes of at least 4 members (excludes halogenated alkanes) is 2. The van der Waals surface area contributed by atoms with Crippen LogP contribution >= 0.6 is 0 Å². The summed E-state index contributed by atoms with van der Waals surface area (Å²) >= 11 is 0. The third kappa shape index (κ3) is 31.0. The van der Waals surface area contributed by atoms with E-state index >= 15 is 0 Å². The number of phenols is 1. The van der Waals surface area contributed by atoms with E-state index in [1.54, 1.807) is 38.5 Å². The normalized spacial score (nSPS) is 16.0. The molecular weight excluding hydrogens is 1250 g/mol. The molecule has 0 spiro atoms. The molecule has 2 aliphatic rings. The predicted molar refractivity (Wildman–Crippen MR) is 348 cm³/mol. The Kier molecular flexibility index (Phi) is 37.7. The number of fused-ring (bicyclic) bond motifs is 1. The topological polar surface area (TPSA) is 310 Å². The third-order valence-corrected chi connectivity index (χ3v) is 16.4. The van der Waals surface area contributed by atoms with E-state index in [4.69, 9.17) is 61.7 Å². The molecule has 1 unspecified atom stereocenters. The third-order valence-electron chi connectivity index (χ3n) is 14.7. The number of aromatic hydroxyl groups is 1. The van der Waals surface area contributed by atoms with E-state index in [0.717, 1.165) is 11.3 Å². The van der Waals surface area contributed by atoms with Crippen LogP contribution in [0.3, 0.4) is 0 Å². The van der Waals surface area contributed by atoms with Crippen molar-refractivity contribution in [3.05, 3.63) is 89.7 Å².